The van der Waals surface area contributed by atoms with E-state index in [1.165, 1.54) is 0 Å². The van der Waals surface area contributed by atoms with E-state index >= 15 is 0 Å². The molecular weight excluding hydrogens is 155 g/mol. The maximum atomic E-state index is 8.38. The molecule has 1 nitrogen and oxygen atoms in total. The average molecular weight is 168 g/mol. The van der Waals surface area contributed by atoms with Crippen molar-refractivity contribution in [3.8, 4) is 0 Å². The van der Waals surface area contributed by atoms with E-state index in [9.17, 15) is 0 Å². The summed E-state index contributed by atoms with van der Waals surface area (Å²) in [6, 6.07) is 0. The molecule has 0 amide bonds. The maximum absolute atomic E-state index is 8.38. The first-order chi connectivity index (χ1) is 2.00. The first kappa shape index (κ1) is 55.2. The number of halogens is 2. The van der Waals surface area contributed by atoms with Crippen molar-refractivity contribution in [3.05, 3.63) is 0 Å². The predicted molar refractivity (Wildman–Crippen MR) is 23.1 cm³/mol. The Labute approximate surface area is 53.9 Å². The van der Waals surface area contributed by atoms with Gasteiger partial charge in [0, 0.05) is 9.15 Å². The van der Waals surface area contributed by atoms with Crippen molar-refractivity contribution >= 4 is 0 Å². The van der Waals surface area contributed by atoms with E-state index in [2.05, 4.69) is 0 Å². The minimum atomic E-state index is 0. The molecule has 46 valence electrons. The summed E-state index contributed by atoms with van der Waals surface area (Å²) in [5.74, 6) is 0. The molecule has 0 rings (SSSR count). The summed E-state index contributed by atoms with van der Waals surface area (Å²) >= 11 is 0.125. The summed E-state index contributed by atoms with van der Waals surface area (Å²) < 4.78 is 24.4. The van der Waals surface area contributed by atoms with Crippen LogP contribution in [0.15, 0.2) is 0 Å². The van der Waals surface area contributed by atoms with E-state index in [0.717, 1.165) is 0 Å². The number of hydrogen-bond acceptors (Lipinski definition) is 1. The summed E-state index contributed by atoms with van der Waals surface area (Å²) in [6.45, 7) is 0. The van der Waals surface area contributed by atoms with Crippen molar-refractivity contribution in [2.24, 2.45) is 0 Å². The molecule has 0 heterocycles. The van der Waals surface area contributed by atoms with E-state index in [4.69, 9.17) is 12.7 Å². The van der Waals surface area contributed by atoms with E-state index in [-0.39, 0.29) is 40.5 Å². The van der Waals surface area contributed by atoms with Crippen LogP contribution in [0.3, 0.4) is 0 Å². The topological polar surface area (TPSA) is 17.1 Å². The minimum absolute atomic E-state index is 0. The van der Waals surface area contributed by atoms with Crippen molar-refractivity contribution in [2.45, 2.75) is 22.3 Å². The molecular formula is C3H12F2OZn. The summed E-state index contributed by atoms with van der Waals surface area (Å²) in [7, 11) is 0. The van der Waals surface area contributed by atoms with E-state index in [1.54, 1.807) is 0 Å². The van der Waals surface area contributed by atoms with Gasteiger partial charge >= 0.3 is 21.8 Å². The van der Waals surface area contributed by atoms with Gasteiger partial charge in [0.25, 0.3) is 0 Å². The number of hydrogen-bond donors (Lipinski definition) is 0. The molecule has 0 aromatic carbocycles. The van der Waals surface area contributed by atoms with Crippen LogP contribution in [-0.4, -0.2) is 0 Å². The Morgan fingerprint density at radius 3 is 0.857 bits per heavy atom. The molecule has 0 atom stereocenters. The van der Waals surface area contributed by atoms with Crippen LogP contribution in [0.4, 0.5) is 9.15 Å². The van der Waals surface area contributed by atoms with Crippen LogP contribution in [-0.2, 0) is 21.8 Å². The van der Waals surface area contributed by atoms with Crippen LogP contribution in [0.1, 0.15) is 22.3 Å². The second-order valence-corrected chi connectivity index (χ2v) is 0. The first-order valence-corrected chi connectivity index (χ1v) is 1.64. The molecule has 0 aromatic rings. The quantitative estimate of drug-likeness (QED) is 0.507. The summed E-state index contributed by atoms with van der Waals surface area (Å²) in [6.07, 6.45) is 0. The Kier molecular flexibility index (Phi) is 17200. The summed E-state index contributed by atoms with van der Waals surface area (Å²) in [5, 5.41) is 0. The van der Waals surface area contributed by atoms with Gasteiger partial charge in [-0.25, -0.2) is 0 Å². The molecule has 0 saturated carbocycles. The summed E-state index contributed by atoms with van der Waals surface area (Å²) in [5.41, 5.74) is 0. The van der Waals surface area contributed by atoms with Gasteiger partial charge in [-0.1, -0.05) is 22.3 Å². The molecule has 7 heavy (non-hydrogen) atoms. The second-order valence-electron chi connectivity index (χ2n) is 0. The van der Waals surface area contributed by atoms with Crippen LogP contribution in [0.2, 0.25) is 0 Å². The first-order valence-electron chi connectivity index (χ1n) is 0.432. The van der Waals surface area contributed by atoms with Gasteiger partial charge in [0.2, 0.25) is 0 Å². The van der Waals surface area contributed by atoms with E-state index < -0.39 is 0 Å². The zero-order valence-electron chi connectivity index (χ0n) is 1.87. The van der Waals surface area contributed by atoms with Gasteiger partial charge in [-0.05, 0) is 0 Å². The molecule has 4 heteroatoms. The fourth-order valence-corrected chi connectivity index (χ4v) is 0. The molecule has 0 aliphatic rings. The predicted octanol–water partition coefficient (Wildman–Crippen LogP) is 2.63. The van der Waals surface area contributed by atoms with Crippen molar-refractivity contribution < 1.29 is 31.0 Å². The fourth-order valence-electron chi connectivity index (χ4n) is 0. The standard InChI is InChI=1S/3CH4.F2.O.Zn/c;;;1-2;;/h3*1H4;;;. The average Bonchev–Trinajstić information content (AvgIpc) is 1.50. The fraction of sp³-hybridized carbons (Fsp3) is 1.00. The van der Waals surface area contributed by atoms with Crippen LogP contribution in [0.5, 0.6) is 0 Å². The third-order valence-corrected chi connectivity index (χ3v) is 0. The molecule has 0 unspecified atom stereocenters. The molecule has 0 bridgehead atoms. The van der Waals surface area contributed by atoms with Crippen LogP contribution in [0.25, 0.3) is 0 Å². The molecule has 0 saturated heterocycles. The van der Waals surface area contributed by atoms with Gasteiger partial charge in [-0.3, -0.25) is 0 Å². The molecule has 0 aromatic heterocycles. The Morgan fingerprint density at radius 2 is 0.857 bits per heavy atom. The van der Waals surface area contributed by atoms with Gasteiger partial charge in [-0.2, -0.15) is 0 Å². The third-order valence-electron chi connectivity index (χ3n) is 0. The summed E-state index contributed by atoms with van der Waals surface area (Å²) in [4.78, 5) is 0. The second kappa shape index (κ2) is 2180. The molecule has 0 aliphatic carbocycles. The molecule has 0 aliphatic heterocycles. The number of rotatable bonds is 0. The van der Waals surface area contributed by atoms with Crippen molar-refractivity contribution in [3.63, 3.8) is 0 Å². The monoisotopic (exact) mass is 166 g/mol. The van der Waals surface area contributed by atoms with Gasteiger partial charge in [0.1, 0.15) is 0 Å². The van der Waals surface area contributed by atoms with E-state index in [0.29, 0.717) is 0 Å². The SMILES string of the molecule is C.C.C.FF.[O]=[Zn]. The third kappa shape index (κ3) is 1440. The zero-order chi connectivity index (χ0) is 4.00. The van der Waals surface area contributed by atoms with Crippen molar-refractivity contribution in [2.75, 3.05) is 0 Å². The Hall–Kier alpha value is 0.283. The molecule has 0 radical (unpaired) electrons. The van der Waals surface area contributed by atoms with Gasteiger partial charge in [-0.15, -0.1) is 0 Å². The molecule has 0 fully saturated rings. The van der Waals surface area contributed by atoms with Crippen LogP contribution < -0.4 is 0 Å². The van der Waals surface area contributed by atoms with E-state index in [1.807, 2.05) is 0 Å². The molecule has 0 spiro atoms. The Balaban J connectivity index is -0.00000000267. The van der Waals surface area contributed by atoms with Crippen LogP contribution in [0, 0.1) is 0 Å². The normalized spacial score (nSPS) is 1.71. The van der Waals surface area contributed by atoms with Crippen molar-refractivity contribution in [1.82, 2.24) is 0 Å². The van der Waals surface area contributed by atoms with Crippen LogP contribution >= 0.6 is 0 Å². The van der Waals surface area contributed by atoms with Gasteiger partial charge < -0.3 is 0 Å². The zero-order valence-corrected chi connectivity index (χ0v) is 4.84. The van der Waals surface area contributed by atoms with Gasteiger partial charge in [0.15, 0.2) is 0 Å². The van der Waals surface area contributed by atoms with Gasteiger partial charge in [0.05, 0.1) is 0 Å². The Bertz CT molecular complexity index is 12.9. The van der Waals surface area contributed by atoms with Crippen molar-refractivity contribution in [1.29, 1.82) is 0 Å². The Morgan fingerprint density at radius 1 is 0.857 bits per heavy atom. The molecule has 0 N–H and O–H groups in total.